The van der Waals surface area contributed by atoms with Gasteiger partial charge in [-0.1, -0.05) is 13.8 Å². The highest BCUT2D eigenvalue weighted by Gasteiger charge is 2.08. The van der Waals surface area contributed by atoms with E-state index < -0.39 is 0 Å². The Labute approximate surface area is 108 Å². The molecule has 0 saturated carbocycles. The van der Waals surface area contributed by atoms with Crippen LogP contribution in [0.1, 0.15) is 36.6 Å². The van der Waals surface area contributed by atoms with Crippen molar-refractivity contribution in [2.75, 3.05) is 13.1 Å². The third-order valence-electron chi connectivity index (χ3n) is 2.59. The van der Waals surface area contributed by atoms with E-state index in [0.717, 1.165) is 6.54 Å². The first kappa shape index (κ1) is 14.2. The summed E-state index contributed by atoms with van der Waals surface area (Å²) in [5.74, 6) is 0.179. The van der Waals surface area contributed by atoms with E-state index in [9.17, 15) is 4.79 Å². The standard InChI is InChI=1S/C13H22N2OS/c1-9(2)13(16)15-8-7-14-11(4)12-6-5-10(3)17-12/h5-6,9,11,14H,7-8H2,1-4H3,(H,15,16). The summed E-state index contributed by atoms with van der Waals surface area (Å²) >= 11 is 1.82. The van der Waals surface area contributed by atoms with Crippen LogP contribution in [0.4, 0.5) is 0 Å². The van der Waals surface area contributed by atoms with Gasteiger partial charge in [0.1, 0.15) is 0 Å². The van der Waals surface area contributed by atoms with Crippen molar-refractivity contribution < 1.29 is 4.79 Å². The lowest BCUT2D eigenvalue weighted by molar-refractivity contribution is -0.123. The minimum Gasteiger partial charge on any atom is -0.355 e. The first-order valence-electron chi connectivity index (χ1n) is 6.08. The quantitative estimate of drug-likeness (QED) is 0.766. The van der Waals surface area contributed by atoms with Crippen LogP contribution < -0.4 is 10.6 Å². The number of hydrogen-bond donors (Lipinski definition) is 2. The van der Waals surface area contributed by atoms with Crippen LogP contribution in [0.15, 0.2) is 12.1 Å². The van der Waals surface area contributed by atoms with Gasteiger partial charge in [-0.3, -0.25) is 4.79 Å². The summed E-state index contributed by atoms with van der Waals surface area (Å²) in [6.07, 6.45) is 0. The normalized spacial score (nSPS) is 12.8. The predicted octanol–water partition coefficient (Wildman–Crippen LogP) is 2.48. The van der Waals surface area contributed by atoms with Crippen molar-refractivity contribution in [1.82, 2.24) is 10.6 Å². The smallest absolute Gasteiger partial charge is 0.222 e. The fourth-order valence-electron chi connectivity index (χ4n) is 1.47. The lowest BCUT2D eigenvalue weighted by atomic mass is 10.2. The second-order valence-corrected chi connectivity index (χ2v) is 5.89. The molecule has 3 nitrogen and oxygen atoms in total. The maximum absolute atomic E-state index is 11.3. The van der Waals surface area contributed by atoms with Gasteiger partial charge in [0.2, 0.25) is 5.91 Å². The Morgan fingerprint density at radius 2 is 2.00 bits per heavy atom. The molecule has 96 valence electrons. The van der Waals surface area contributed by atoms with Gasteiger partial charge in [-0.15, -0.1) is 11.3 Å². The number of nitrogens with one attached hydrogen (secondary N) is 2. The van der Waals surface area contributed by atoms with Gasteiger partial charge >= 0.3 is 0 Å². The molecule has 1 atom stereocenters. The second-order valence-electron chi connectivity index (χ2n) is 4.57. The first-order chi connectivity index (χ1) is 8.00. The molecule has 1 aromatic heterocycles. The summed E-state index contributed by atoms with van der Waals surface area (Å²) in [5, 5.41) is 6.30. The van der Waals surface area contributed by atoms with Crippen LogP contribution in [0.25, 0.3) is 0 Å². The molecule has 0 aliphatic carbocycles. The Bertz CT molecular complexity index is 360. The van der Waals surface area contributed by atoms with Gasteiger partial charge in [0.15, 0.2) is 0 Å². The molecule has 0 aliphatic heterocycles. The molecule has 0 aromatic carbocycles. The van der Waals surface area contributed by atoms with Gasteiger partial charge in [-0.2, -0.15) is 0 Å². The Hall–Kier alpha value is -0.870. The summed E-state index contributed by atoms with van der Waals surface area (Å²) in [6, 6.07) is 4.65. The lowest BCUT2D eigenvalue weighted by Gasteiger charge is -2.13. The van der Waals surface area contributed by atoms with Crippen LogP contribution in [-0.2, 0) is 4.79 Å². The molecule has 0 aliphatic rings. The third-order valence-corrected chi connectivity index (χ3v) is 3.77. The highest BCUT2D eigenvalue weighted by molar-refractivity contribution is 7.12. The van der Waals surface area contributed by atoms with Crippen LogP contribution in [0.3, 0.4) is 0 Å². The van der Waals surface area contributed by atoms with Crippen molar-refractivity contribution >= 4 is 17.2 Å². The van der Waals surface area contributed by atoms with Gasteiger partial charge in [0.25, 0.3) is 0 Å². The number of carbonyl (C=O) groups is 1. The molecule has 1 unspecified atom stereocenters. The van der Waals surface area contributed by atoms with E-state index in [1.807, 2.05) is 25.2 Å². The Kier molecular flexibility index (Phi) is 5.65. The molecule has 4 heteroatoms. The van der Waals surface area contributed by atoms with Crippen molar-refractivity contribution in [2.24, 2.45) is 5.92 Å². The van der Waals surface area contributed by atoms with E-state index in [-0.39, 0.29) is 11.8 Å². The molecule has 17 heavy (non-hydrogen) atoms. The number of aryl methyl sites for hydroxylation is 1. The summed E-state index contributed by atoms with van der Waals surface area (Å²) in [5.41, 5.74) is 0. The largest absolute Gasteiger partial charge is 0.355 e. The second kappa shape index (κ2) is 6.77. The molecule has 1 amide bonds. The summed E-state index contributed by atoms with van der Waals surface area (Å²) in [7, 11) is 0. The van der Waals surface area contributed by atoms with Crippen molar-refractivity contribution in [2.45, 2.75) is 33.7 Å². The van der Waals surface area contributed by atoms with Gasteiger partial charge in [0, 0.05) is 34.8 Å². The van der Waals surface area contributed by atoms with Crippen LogP contribution in [0, 0.1) is 12.8 Å². The molecule has 0 radical (unpaired) electrons. The molecule has 2 N–H and O–H groups in total. The molecule has 1 heterocycles. The van der Waals surface area contributed by atoms with E-state index in [1.165, 1.54) is 9.75 Å². The maximum atomic E-state index is 11.3. The highest BCUT2D eigenvalue weighted by Crippen LogP contribution is 2.21. The molecule has 0 fully saturated rings. The van der Waals surface area contributed by atoms with Gasteiger partial charge in [0.05, 0.1) is 0 Å². The number of amides is 1. The first-order valence-corrected chi connectivity index (χ1v) is 6.89. The lowest BCUT2D eigenvalue weighted by Crippen LogP contribution is -2.34. The number of carbonyl (C=O) groups excluding carboxylic acids is 1. The fraction of sp³-hybridized carbons (Fsp3) is 0.615. The summed E-state index contributed by atoms with van der Waals surface area (Å²) < 4.78 is 0. The van der Waals surface area contributed by atoms with Crippen molar-refractivity contribution in [3.05, 3.63) is 21.9 Å². The predicted molar refractivity (Wildman–Crippen MR) is 73.3 cm³/mol. The van der Waals surface area contributed by atoms with Gasteiger partial charge in [-0.25, -0.2) is 0 Å². The van der Waals surface area contributed by atoms with E-state index in [1.54, 1.807) is 0 Å². The van der Waals surface area contributed by atoms with Crippen LogP contribution in [-0.4, -0.2) is 19.0 Å². The summed E-state index contributed by atoms with van der Waals surface area (Å²) in [6.45, 7) is 9.56. The fourth-order valence-corrected chi connectivity index (χ4v) is 2.37. The van der Waals surface area contributed by atoms with E-state index in [2.05, 4.69) is 36.6 Å². The molecular formula is C13H22N2OS. The SMILES string of the molecule is Cc1ccc(C(C)NCCNC(=O)C(C)C)s1. The Balaban J connectivity index is 2.21. The Morgan fingerprint density at radius 1 is 1.29 bits per heavy atom. The van der Waals surface area contributed by atoms with Crippen LogP contribution in [0.5, 0.6) is 0 Å². The topological polar surface area (TPSA) is 41.1 Å². The zero-order chi connectivity index (χ0) is 12.8. The molecule has 0 spiro atoms. The average Bonchev–Trinajstić information content (AvgIpc) is 2.70. The summed E-state index contributed by atoms with van der Waals surface area (Å²) in [4.78, 5) is 14.0. The maximum Gasteiger partial charge on any atom is 0.222 e. The zero-order valence-electron chi connectivity index (χ0n) is 11.0. The molecule has 0 bridgehead atoms. The van der Waals surface area contributed by atoms with Crippen molar-refractivity contribution in [3.8, 4) is 0 Å². The van der Waals surface area contributed by atoms with Crippen molar-refractivity contribution in [3.63, 3.8) is 0 Å². The molecule has 1 aromatic rings. The van der Waals surface area contributed by atoms with Crippen LogP contribution in [0.2, 0.25) is 0 Å². The van der Waals surface area contributed by atoms with E-state index >= 15 is 0 Å². The third kappa shape index (κ3) is 4.88. The molecule has 1 rings (SSSR count). The zero-order valence-corrected chi connectivity index (χ0v) is 11.9. The van der Waals surface area contributed by atoms with Gasteiger partial charge < -0.3 is 10.6 Å². The van der Waals surface area contributed by atoms with Crippen LogP contribution >= 0.6 is 11.3 Å². The molecular weight excluding hydrogens is 232 g/mol. The van der Waals surface area contributed by atoms with E-state index in [0.29, 0.717) is 12.6 Å². The molecule has 0 saturated heterocycles. The number of thiophene rings is 1. The number of rotatable bonds is 6. The minimum atomic E-state index is 0.0624. The average molecular weight is 254 g/mol. The minimum absolute atomic E-state index is 0.0624. The van der Waals surface area contributed by atoms with Gasteiger partial charge in [-0.05, 0) is 26.0 Å². The highest BCUT2D eigenvalue weighted by atomic mass is 32.1. The Morgan fingerprint density at radius 3 is 2.53 bits per heavy atom. The van der Waals surface area contributed by atoms with E-state index in [4.69, 9.17) is 0 Å². The van der Waals surface area contributed by atoms with Crippen molar-refractivity contribution in [1.29, 1.82) is 0 Å². The number of hydrogen-bond acceptors (Lipinski definition) is 3. The monoisotopic (exact) mass is 254 g/mol.